The van der Waals surface area contributed by atoms with Gasteiger partial charge in [-0.2, -0.15) is 0 Å². The molecule has 0 radical (unpaired) electrons. The Bertz CT molecular complexity index is 544. The summed E-state index contributed by atoms with van der Waals surface area (Å²) in [5.41, 5.74) is 2.08. The summed E-state index contributed by atoms with van der Waals surface area (Å²) in [4.78, 5) is 9.67. The number of aryl methyl sites for hydroxylation is 2. The van der Waals surface area contributed by atoms with Gasteiger partial charge in [0, 0.05) is 0 Å². The molecule has 2 rings (SSSR count). The molecule has 0 heterocycles. The molecule has 0 amide bonds. The molecule has 0 fully saturated rings. The van der Waals surface area contributed by atoms with E-state index in [4.69, 9.17) is 9.05 Å². The van der Waals surface area contributed by atoms with Gasteiger partial charge in [-0.05, 0) is 38.1 Å². The fourth-order valence-electron chi connectivity index (χ4n) is 1.48. The molecule has 0 saturated heterocycles. The molecule has 20 heavy (non-hydrogen) atoms. The van der Waals surface area contributed by atoms with Gasteiger partial charge in [-0.1, -0.05) is 35.4 Å². The third-order valence-electron chi connectivity index (χ3n) is 2.48. The summed E-state index contributed by atoms with van der Waals surface area (Å²) in [7, 11) is -4.17. The summed E-state index contributed by atoms with van der Waals surface area (Å²) in [6, 6.07) is 13.7. The van der Waals surface area contributed by atoms with Gasteiger partial charge in [0.1, 0.15) is 11.5 Å². The molecule has 6 heteroatoms. The van der Waals surface area contributed by atoms with Crippen LogP contribution in [0.5, 0.6) is 11.5 Å². The van der Waals surface area contributed by atoms with Crippen LogP contribution in [0.2, 0.25) is 0 Å². The van der Waals surface area contributed by atoms with Gasteiger partial charge >= 0.3 is 37.4 Å². The average Bonchev–Trinajstić information content (AvgIpc) is 2.34. The molecule has 1 N–H and O–H groups in total. The van der Waals surface area contributed by atoms with Gasteiger partial charge in [0.25, 0.3) is 0 Å². The van der Waals surface area contributed by atoms with Crippen LogP contribution in [0.15, 0.2) is 48.5 Å². The Balaban J connectivity index is 0.00000200. The van der Waals surface area contributed by atoms with E-state index in [0.717, 1.165) is 11.1 Å². The van der Waals surface area contributed by atoms with Gasteiger partial charge in [0.15, 0.2) is 0 Å². The van der Waals surface area contributed by atoms with Crippen LogP contribution in [-0.4, -0.2) is 34.5 Å². The fraction of sp³-hybridized carbons (Fsp3) is 0.143. The number of phosphoric ester groups is 1. The van der Waals surface area contributed by atoms with E-state index in [0.29, 0.717) is 11.5 Å². The number of hydrogen-bond acceptors (Lipinski definition) is 3. The Hall–Kier alpha value is -0.770. The molecule has 0 aliphatic carbocycles. The van der Waals surface area contributed by atoms with E-state index in [2.05, 4.69) is 0 Å². The summed E-state index contributed by atoms with van der Waals surface area (Å²) < 4.78 is 21.8. The predicted octanol–water partition coefficient (Wildman–Crippen LogP) is 3.21. The van der Waals surface area contributed by atoms with Gasteiger partial charge in [-0.3, -0.25) is 4.89 Å². The molecule has 0 aliphatic heterocycles. The Morgan fingerprint density at radius 1 is 0.800 bits per heavy atom. The van der Waals surface area contributed by atoms with E-state index in [9.17, 15) is 9.46 Å². The molecular weight excluding hydrogens is 286 g/mol. The predicted molar refractivity (Wildman–Crippen MR) is 80.6 cm³/mol. The Morgan fingerprint density at radius 2 is 1.10 bits per heavy atom. The number of benzene rings is 2. The summed E-state index contributed by atoms with van der Waals surface area (Å²) in [6.45, 7) is 3.84. The zero-order valence-corrected chi connectivity index (χ0v) is 11.6. The van der Waals surface area contributed by atoms with E-state index in [1.165, 1.54) is 0 Å². The quantitative estimate of drug-likeness (QED) is 0.696. The molecule has 2 aromatic carbocycles. The standard InChI is InChI=1S/C14H15O4P.Na.H/c1-11-3-7-13(8-4-11)17-19(15,16)18-14-9-5-12(2)6-10-14;;/h3-10H,1-2H3,(H,15,16);;. The van der Waals surface area contributed by atoms with Crippen LogP contribution < -0.4 is 9.05 Å². The second-order valence-electron chi connectivity index (χ2n) is 4.28. The zero-order valence-electron chi connectivity index (χ0n) is 10.7. The summed E-state index contributed by atoms with van der Waals surface area (Å²) in [5, 5.41) is 0. The van der Waals surface area contributed by atoms with Gasteiger partial charge in [0.2, 0.25) is 0 Å². The third-order valence-corrected chi connectivity index (χ3v) is 3.37. The SMILES string of the molecule is Cc1ccc(OP(=O)(O)Oc2ccc(C)cc2)cc1.[NaH]. The molecule has 4 nitrogen and oxygen atoms in total. The minimum absolute atomic E-state index is 0. The fourth-order valence-corrected chi connectivity index (χ4v) is 2.30. The van der Waals surface area contributed by atoms with E-state index < -0.39 is 7.82 Å². The van der Waals surface area contributed by atoms with Gasteiger partial charge in [0.05, 0.1) is 0 Å². The number of phosphoric acid groups is 1. The summed E-state index contributed by atoms with van der Waals surface area (Å²) in [6.07, 6.45) is 0. The first-order valence-corrected chi connectivity index (χ1v) is 7.29. The van der Waals surface area contributed by atoms with Crippen molar-refractivity contribution in [3.8, 4) is 11.5 Å². The number of rotatable bonds is 4. The minimum atomic E-state index is -4.17. The van der Waals surface area contributed by atoms with Crippen molar-refractivity contribution in [2.75, 3.05) is 0 Å². The van der Waals surface area contributed by atoms with Crippen molar-refractivity contribution in [2.45, 2.75) is 13.8 Å². The van der Waals surface area contributed by atoms with Crippen molar-refractivity contribution in [1.29, 1.82) is 0 Å². The van der Waals surface area contributed by atoms with Crippen molar-refractivity contribution in [1.82, 2.24) is 0 Å². The molecule has 0 aliphatic rings. The van der Waals surface area contributed by atoms with E-state index >= 15 is 0 Å². The van der Waals surface area contributed by atoms with Crippen LogP contribution in [0.3, 0.4) is 0 Å². The van der Waals surface area contributed by atoms with Crippen molar-refractivity contribution >= 4 is 37.4 Å². The van der Waals surface area contributed by atoms with Crippen LogP contribution in [0.25, 0.3) is 0 Å². The maximum atomic E-state index is 11.8. The van der Waals surface area contributed by atoms with Crippen LogP contribution in [-0.2, 0) is 4.57 Å². The van der Waals surface area contributed by atoms with Crippen molar-refractivity contribution in [3.05, 3.63) is 59.7 Å². The van der Waals surface area contributed by atoms with E-state index in [1.807, 2.05) is 13.8 Å². The summed E-state index contributed by atoms with van der Waals surface area (Å²) >= 11 is 0. The second kappa shape index (κ2) is 7.30. The molecule has 0 atom stereocenters. The monoisotopic (exact) mass is 302 g/mol. The molecule has 102 valence electrons. The first-order valence-electron chi connectivity index (χ1n) is 5.80. The van der Waals surface area contributed by atoms with Crippen molar-refractivity contribution < 1.29 is 18.5 Å². The normalized spacial score (nSPS) is 10.6. The Labute approximate surface area is 140 Å². The van der Waals surface area contributed by atoms with Crippen LogP contribution in [0.4, 0.5) is 0 Å². The first kappa shape index (κ1) is 17.3. The molecule has 0 bridgehead atoms. The Kier molecular flexibility index (Phi) is 6.31. The average molecular weight is 302 g/mol. The van der Waals surface area contributed by atoms with Crippen molar-refractivity contribution in [2.24, 2.45) is 0 Å². The number of hydrogen-bond donors (Lipinski definition) is 1. The maximum absolute atomic E-state index is 11.8. The second-order valence-corrected chi connectivity index (χ2v) is 5.58. The third kappa shape index (κ3) is 5.31. The van der Waals surface area contributed by atoms with Crippen LogP contribution >= 0.6 is 7.82 Å². The van der Waals surface area contributed by atoms with E-state index in [1.54, 1.807) is 48.5 Å². The molecule has 2 aromatic rings. The van der Waals surface area contributed by atoms with Crippen LogP contribution in [0.1, 0.15) is 11.1 Å². The zero-order chi connectivity index (χ0) is 13.9. The molecule has 0 saturated carbocycles. The molecular formula is C14H16NaO4P. The first-order chi connectivity index (χ1) is 8.94. The molecule has 0 aromatic heterocycles. The van der Waals surface area contributed by atoms with Gasteiger partial charge in [-0.15, -0.1) is 0 Å². The molecule has 0 spiro atoms. The Morgan fingerprint density at radius 3 is 1.40 bits per heavy atom. The topological polar surface area (TPSA) is 55.8 Å². The molecule has 0 unspecified atom stereocenters. The van der Waals surface area contributed by atoms with E-state index in [-0.39, 0.29) is 29.6 Å². The van der Waals surface area contributed by atoms with Gasteiger partial charge in [-0.25, -0.2) is 4.57 Å². The van der Waals surface area contributed by atoms with Crippen molar-refractivity contribution in [3.63, 3.8) is 0 Å². The van der Waals surface area contributed by atoms with Gasteiger partial charge < -0.3 is 9.05 Å². The van der Waals surface area contributed by atoms with Crippen LogP contribution in [0, 0.1) is 13.8 Å². The summed E-state index contributed by atoms with van der Waals surface area (Å²) in [5.74, 6) is 0.590.